The molecule has 0 aromatic carbocycles. The summed E-state index contributed by atoms with van der Waals surface area (Å²) in [6, 6.07) is 0. The van der Waals surface area contributed by atoms with Gasteiger partial charge in [0.05, 0.1) is 13.0 Å². The lowest BCUT2D eigenvalue weighted by atomic mass is 10.1. The highest BCUT2D eigenvalue weighted by atomic mass is 16.6. The molecule has 0 N–H and O–H groups in total. The van der Waals surface area contributed by atoms with Gasteiger partial charge in [-0.3, -0.25) is 14.4 Å². The van der Waals surface area contributed by atoms with Crippen LogP contribution in [-0.4, -0.2) is 30.4 Å². The van der Waals surface area contributed by atoms with Crippen LogP contribution in [0.1, 0.15) is 33.6 Å². The Morgan fingerprint density at radius 2 is 1.73 bits per heavy atom. The Kier molecular flexibility index (Phi) is 6.33. The molecule has 5 nitrogen and oxygen atoms in total. The Labute approximate surface area is 88.7 Å². The van der Waals surface area contributed by atoms with Crippen molar-refractivity contribution >= 4 is 17.7 Å². The van der Waals surface area contributed by atoms with Crippen LogP contribution in [0.15, 0.2) is 0 Å². The van der Waals surface area contributed by atoms with Crippen molar-refractivity contribution in [2.75, 3.05) is 6.61 Å². The predicted molar refractivity (Wildman–Crippen MR) is 52.1 cm³/mol. The maximum Gasteiger partial charge on any atom is 0.309 e. The molecule has 0 aliphatic heterocycles. The number of carbonyl (C=O) groups is 3. The van der Waals surface area contributed by atoms with Crippen LogP contribution in [0.4, 0.5) is 0 Å². The standard InChI is InChI=1S/C10H16O5/c1-4-14-10(13)6-9(5-7(2)11)15-8(3)12/h9H,4-6H2,1-3H3. The van der Waals surface area contributed by atoms with Crippen molar-refractivity contribution in [2.24, 2.45) is 0 Å². The zero-order chi connectivity index (χ0) is 11.8. The van der Waals surface area contributed by atoms with E-state index in [4.69, 9.17) is 9.47 Å². The van der Waals surface area contributed by atoms with E-state index < -0.39 is 18.0 Å². The predicted octanol–water partition coefficient (Wildman–Crippen LogP) is 0.850. The molecule has 0 spiro atoms. The van der Waals surface area contributed by atoms with Crippen molar-refractivity contribution in [3.05, 3.63) is 0 Å². The second-order valence-electron chi connectivity index (χ2n) is 3.15. The van der Waals surface area contributed by atoms with E-state index in [0.717, 1.165) is 0 Å². The largest absolute Gasteiger partial charge is 0.466 e. The highest BCUT2D eigenvalue weighted by Gasteiger charge is 2.19. The molecule has 1 atom stereocenters. The molecule has 0 aromatic rings. The van der Waals surface area contributed by atoms with Crippen LogP contribution in [0, 0.1) is 0 Å². The molecular formula is C10H16O5. The average molecular weight is 216 g/mol. The minimum atomic E-state index is -0.709. The molecule has 1 unspecified atom stereocenters. The second kappa shape index (κ2) is 6.98. The van der Waals surface area contributed by atoms with Crippen molar-refractivity contribution in [3.63, 3.8) is 0 Å². The van der Waals surface area contributed by atoms with Gasteiger partial charge in [0.15, 0.2) is 0 Å². The number of carbonyl (C=O) groups excluding carboxylic acids is 3. The molecular weight excluding hydrogens is 200 g/mol. The minimum absolute atomic E-state index is 0.0401. The first kappa shape index (κ1) is 13.6. The molecule has 0 aliphatic rings. The Hall–Kier alpha value is -1.39. The fourth-order valence-corrected chi connectivity index (χ4v) is 1.12. The first-order valence-electron chi connectivity index (χ1n) is 4.78. The summed E-state index contributed by atoms with van der Waals surface area (Å²) in [7, 11) is 0. The Balaban J connectivity index is 4.16. The number of ketones is 1. The van der Waals surface area contributed by atoms with Gasteiger partial charge in [0, 0.05) is 13.3 Å². The fraction of sp³-hybridized carbons (Fsp3) is 0.700. The van der Waals surface area contributed by atoms with E-state index in [9.17, 15) is 14.4 Å². The first-order chi connectivity index (χ1) is 6.95. The van der Waals surface area contributed by atoms with Gasteiger partial charge in [0.25, 0.3) is 0 Å². The molecule has 0 saturated heterocycles. The molecule has 0 bridgehead atoms. The molecule has 0 aromatic heterocycles. The van der Waals surface area contributed by atoms with Crippen molar-refractivity contribution in [1.82, 2.24) is 0 Å². The minimum Gasteiger partial charge on any atom is -0.466 e. The van der Waals surface area contributed by atoms with Crippen LogP contribution in [-0.2, 0) is 23.9 Å². The van der Waals surface area contributed by atoms with Crippen LogP contribution >= 0.6 is 0 Å². The zero-order valence-electron chi connectivity index (χ0n) is 9.24. The van der Waals surface area contributed by atoms with Crippen molar-refractivity contribution in [2.45, 2.75) is 39.7 Å². The Bertz CT molecular complexity index is 230. The Morgan fingerprint density at radius 3 is 2.13 bits per heavy atom. The summed E-state index contributed by atoms with van der Waals surface area (Å²) >= 11 is 0. The van der Waals surface area contributed by atoms with Crippen LogP contribution < -0.4 is 0 Å². The molecule has 15 heavy (non-hydrogen) atoms. The number of hydrogen-bond acceptors (Lipinski definition) is 5. The first-order valence-corrected chi connectivity index (χ1v) is 4.78. The molecule has 0 heterocycles. The van der Waals surface area contributed by atoms with Crippen molar-refractivity contribution < 1.29 is 23.9 Å². The van der Waals surface area contributed by atoms with E-state index in [1.165, 1.54) is 13.8 Å². The Morgan fingerprint density at radius 1 is 1.13 bits per heavy atom. The molecule has 0 rings (SSSR count). The molecule has 0 amide bonds. The van der Waals surface area contributed by atoms with Gasteiger partial charge >= 0.3 is 11.9 Å². The van der Waals surface area contributed by atoms with Gasteiger partial charge < -0.3 is 9.47 Å². The quantitative estimate of drug-likeness (QED) is 0.615. The van der Waals surface area contributed by atoms with E-state index in [0.29, 0.717) is 0 Å². The van der Waals surface area contributed by atoms with Crippen LogP contribution in [0.2, 0.25) is 0 Å². The molecule has 86 valence electrons. The van der Waals surface area contributed by atoms with E-state index in [1.807, 2.05) is 0 Å². The maximum atomic E-state index is 11.1. The van der Waals surface area contributed by atoms with Gasteiger partial charge in [-0.05, 0) is 13.8 Å². The SMILES string of the molecule is CCOC(=O)CC(CC(C)=O)OC(C)=O. The number of Topliss-reactive ketones (excluding diaryl/α,β-unsaturated/α-hetero) is 1. The number of rotatable bonds is 6. The summed E-state index contributed by atoms with van der Waals surface area (Å²) in [4.78, 5) is 32.6. The van der Waals surface area contributed by atoms with Gasteiger partial charge in [-0.2, -0.15) is 0 Å². The summed E-state index contributed by atoms with van der Waals surface area (Å²) in [5.41, 5.74) is 0. The lowest BCUT2D eigenvalue weighted by molar-refractivity contribution is -0.153. The number of esters is 2. The molecule has 0 saturated carbocycles. The van der Waals surface area contributed by atoms with Crippen LogP contribution in [0.25, 0.3) is 0 Å². The average Bonchev–Trinajstić information content (AvgIpc) is 2.00. The zero-order valence-corrected chi connectivity index (χ0v) is 9.24. The second-order valence-corrected chi connectivity index (χ2v) is 3.15. The van der Waals surface area contributed by atoms with Crippen molar-refractivity contribution in [3.8, 4) is 0 Å². The normalized spacial score (nSPS) is 11.7. The van der Waals surface area contributed by atoms with E-state index >= 15 is 0 Å². The molecule has 0 fully saturated rings. The summed E-state index contributed by atoms with van der Waals surface area (Å²) in [6.07, 6.45) is -0.746. The molecule has 0 radical (unpaired) electrons. The van der Waals surface area contributed by atoms with Crippen LogP contribution in [0.5, 0.6) is 0 Å². The number of hydrogen-bond donors (Lipinski definition) is 0. The van der Waals surface area contributed by atoms with E-state index in [2.05, 4.69) is 0 Å². The molecule has 0 aliphatic carbocycles. The van der Waals surface area contributed by atoms with Crippen molar-refractivity contribution in [1.29, 1.82) is 0 Å². The fourth-order valence-electron chi connectivity index (χ4n) is 1.12. The van der Waals surface area contributed by atoms with Crippen LogP contribution in [0.3, 0.4) is 0 Å². The highest BCUT2D eigenvalue weighted by Crippen LogP contribution is 2.06. The summed E-state index contributed by atoms with van der Waals surface area (Å²) in [6.45, 7) is 4.56. The van der Waals surface area contributed by atoms with E-state index in [-0.39, 0.29) is 25.2 Å². The summed E-state index contributed by atoms with van der Waals surface area (Å²) in [5.74, 6) is -1.11. The van der Waals surface area contributed by atoms with Gasteiger partial charge in [-0.25, -0.2) is 0 Å². The third kappa shape index (κ3) is 7.66. The highest BCUT2D eigenvalue weighted by molar-refractivity contribution is 5.78. The lowest BCUT2D eigenvalue weighted by Gasteiger charge is -2.14. The third-order valence-electron chi connectivity index (χ3n) is 1.55. The lowest BCUT2D eigenvalue weighted by Crippen LogP contribution is -2.23. The topological polar surface area (TPSA) is 69.7 Å². The van der Waals surface area contributed by atoms with Gasteiger partial charge in [-0.1, -0.05) is 0 Å². The number of ether oxygens (including phenoxy) is 2. The van der Waals surface area contributed by atoms with Gasteiger partial charge in [0.2, 0.25) is 0 Å². The maximum absolute atomic E-state index is 11.1. The monoisotopic (exact) mass is 216 g/mol. The van der Waals surface area contributed by atoms with Gasteiger partial charge in [-0.15, -0.1) is 0 Å². The summed E-state index contributed by atoms with van der Waals surface area (Å²) in [5, 5.41) is 0. The summed E-state index contributed by atoms with van der Waals surface area (Å²) < 4.78 is 9.51. The van der Waals surface area contributed by atoms with Gasteiger partial charge in [0.1, 0.15) is 11.9 Å². The molecule has 5 heteroatoms. The smallest absolute Gasteiger partial charge is 0.309 e. The third-order valence-corrected chi connectivity index (χ3v) is 1.55. The van der Waals surface area contributed by atoms with E-state index in [1.54, 1.807) is 6.92 Å².